The van der Waals surface area contributed by atoms with Crippen LogP contribution in [0.25, 0.3) is 10.9 Å². The molecule has 16 heavy (non-hydrogen) atoms. The first-order chi connectivity index (χ1) is 7.83. The molecule has 0 atom stereocenters. The summed E-state index contributed by atoms with van der Waals surface area (Å²) in [7, 11) is 0. The number of anilines is 1. The largest absolute Gasteiger partial charge is 0.397 e. The van der Waals surface area contributed by atoms with Crippen molar-refractivity contribution in [2.24, 2.45) is 0 Å². The highest BCUT2D eigenvalue weighted by Crippen LogP contribution is 2.31. The zero-order valence-electron chi connectivity index (χ0n) is 9.44. The van der Waals surface area contributed by atoms with Crippen LogP contribution in [0.3, 0.4) is 0 Å². The van der Waals surface area contributed by atoms with Crippen LogP contribution < -0.4 is 5.73 Å². The highest BCUT2D eigenvalue weighted by Gasteiger charge is 2.04. The molecule has 0 fully saturated rings. The number of benzene rings is 1. The van der Waals surface area contributed by atoms with Gasteiger partial charge in [0.25, 0.3) is 0 Å². The lowest BCUT2D eigenvalue weighted by molar-refractivity contribution is 0.896. The third-order valence-electron chi connectivity index (χ3n) is 2.54. The van der Waals surface area contributed by atoms with Gasteiger partial charge in [0, 0.05) is 16.5 Å². The normalized spacial score (nSPS) is 10.8. The highest BCUT2D eigenvalue weighted by molar-refractivity contribution is 7.99. The van der Waals surface area contributed by atoms with Gasteiger partial charge in [-0.25, -0.2) is 0 Å². The molecule has 0 saturated heterocycles. The third kappa shape index (κ3) is 2.30. The van der Waals surface area contributed by atoms with E-state index in [1.165, 1.54) is 17.7 Å². The topological polar surface area (TPSA) is 38.9 Å². The highest BCUT2D eigenvalue weighted by atomic mass is 32.2. The molecule has 1 aromatic carbocycles. The van der Waals surface area contributed by atoms with Gasteiger partial charge in [-0.15, -0.1) is 11.8 Å². The van der Waals surface area contributed by atoms with Crippen molar-refractivity contribution in [2.75, 3.05) is 11.5 Å². The van der Waals surface area contributed by atoms with E-state index in [9.17, 15) is 0 Å². The molecular weight excluding hydrogens is 216 g/mol. The summed E-state index contributed by atoms with van der Waals surface area (Å²) in [4.78, 5) is 5.47. The van der Waals surface area contributed by atoms with Gasteiger partial charge in [-0.3, -0.25) is 4.98 Å². The molecule has 0 radical (unpaired) electrons. The van der Waals surface area contributed by atoms with Crippen LogP contribution in [-0.2, 0) is 0 Å². The van der Waals surface area contributed by atoms with Crippen LogP contribution in [0.1, 0.15) is 19.8 Å². The van der Waals surface area contributed by atoms with E-state index >= 15 is 0 Å². The minimum atomic E-state index is 0.867. The Labute approximate surface area is 100 Å². The van der Waals surface area contributed by atoms with E-state index in [1.54, 1.807) is 6.20 Å². The first-order valence-electron chi connectivity index (χ1n) is 5.59. The van der Waals surface area contributed by atoms with Crippen LogP contribution >= 0.6 is 11.8 Å². The second kappa shape index (κ2) is 5.21. The van der Waals surface area contributed by atoms with Gasteiger partial charge in [0.05, 0.1) is 11.2 Å². The molecule has 2 aromatic rings. The lowest BCUT2D eigenvalue weighted by Crippen LogP contribution is -1.92. The maximum Gasteiger partial charge on any atom is 0.0723 e. The molecule has 2 nitrogen and oxygen atoms in total. The molecule has 84 valence electrons. The van der Waals surface area contributed by atoms with Gasteiger partial charge in [-0.05, 0) is 36.4 Å². The van der Waals surface area contributed by atoms with Crippen molar-refractivity contribution in [1.82, 2.24) is 4.98 Å². The van der Waals surface area contributed by atoms with Gasteiger partial charge in [-0.1, -0.05) is 13.3 Å². The smallest absolute Gasteiger partial charge is 0.0723 e. The molecule has 0 aliphatic carbocycles. The maximum atomic E-state index is 6.14. The number of unbranched alkanes of at least 4 members (excludes halogenated alkanes) is 1. The second-order valence-electron chi connectivity index (χ2n) is 3.75. The van der Waals surface area contributed by atoms with Gasteiger partial charge in [-0.2, -0.15) is 0 Å². The Balaban J connectivity index is 2.29. The van der Waals surface area contributed by atoms with E-state index in [4.69, 9.17) is 5.73 Å². The van der Waals surface area contributed by atoms with Gasteiger partial charge in [0.15, 0.2) is 0 Å². The molecule has 0 unspecified atom stereocenters. The molecule has 1 heterocycles. The van der Waals surface area contributed by atoms with Crippen molar-refractivity contribution in [3.05, 3.63) is 30.5 Å². The molecule has 0 spiro atoms. The fourth-order valence-corrected chi connectivity index (χ4v) is 2.69. The lowest BCUT2D eigenvalue weighted by atomic mass is 10.2. The molecular formula is C13H16N2S. The molecule has 2 N–H and O–H groups in total. The van der Waals surface area contributed by atoms with E-state index in [1.807, 2.05) is 30.0 Å². The quantitative estimate of drug-likeness (QED) is 0.496. The van der Waals surface area contributed by atoms with Crippen LogP contribution in [0.15, 0.2) is 35.4 Å². The number of nitrogens with two attached hydrogens (primary N) is 1. The Morgan fingerprint density at radius 1 is 1.31 bits per heavy atom. The van der Waals surface area contributed by atoms with Gasteiger partial charge in [0.2, 0.25) is 0 Å². The Hall–Kier alpha value is -1.22. The molecule has 0 aliphatic heterocycles. The maximum absolute atomic E-state index is 6.14. The van der Waals surface area contributed by atoms with E-state index in [2.05, 4.69) is 18.0 Å². The van der Waals surface area contributed by atoms with Crippen molar-refractivity contribution in [1.29, 1.82) is 0 Å². The summed E-state index contributed by atoms with van der Waals surface area (Å²) in [5, 5.41) is 1.06. The van der Waals surface area contributed by atoms with E-state index < -0.39 is 0 Å². The summed E-state index contributed by atoms with van der Waals surface area (Å²) < 4.78 is 0. The Bertz CT molecular complexity index is 482. The number of thioether (sulfide) groups is 1. The molecule has 2 rings (SSSR count). The summed E-state index contributed by atoms with van der Waals surface area (Å²) in [6, 6.07) is 8.08. The Morgan fingerprint density at radius 2 is 2.19 bits per heavy atom. The fraction of sp³-hybridized carbons (Fsp3) is 0.308. The predicted octanol–water partition coefficient (Wildman–Crippen LogP) is 3.71. The minimum absolute atomic E-state index is 0.867. The summed E-state index contributed by atoms with van der Waals surface area (Å²) in [6.45, 7) is 2.20. The van der Waals surface area contributed by atoms with Crippen LogP contribution in [0.2, 0.25) is 0 Å². The zero-order chi connectivity index (χ0) is 11.4. The second-order valence-corrected chi connectivity index (χ2v) is 4.89. The molecule has 0 amide bonds. The van der Waals surface area contributed by atoms with Crippen LogP contribution in [0.5, 0.6) is 0 Å². The molecule has 0 saturated carbocycles. The van der Waals surface area contributed by atoms with Crippen LogP contribution in [0.4, 0.5) is 5.69 Å². The zero-order valence-corrected chi connectivity index (χ0v) is 10.3. The average molecular weight is 232 g/mol. The van der Waals surface area contributed by atoms with Crippen LogP contribution in [-0.4, -0.2) is 10.7 Å². The average Bonchev–Trinajstić information content (AvgIpc) is 2.33. The number of fused-ring (bicyclic) bond motifs is 1. The van der Waals surface area contributed by atoms with Crippen molar-refractivity contribution in [2.45, 2.75) is 24.7 Å². The molecule has 3 heteroatoms. The molecule has 0 bridgehead atoms. The van der Waals surface area contributed by atoms with E-state index in [0.717, 1.165) is 22.3 Å². The SMILES string of the molecule is CCCCSc1ccc2ncccc2c1N. The standard InChI is InChI=1S/C13H16N2S/c1-2-3-9-16-12-7-6-11-10(13(12)14)5-4-8-15-11/h4-8H,2-3,9,14H2,1H3. The number of hydrogen-bond donors (Lipinski definition) is 1. The monoisotopic (exact) mass is 232 g/mol. The number of pyridine rings is 1. The van der Waals surface area contributed by atoms with Crippen molar-refractivity contribution in [3.63, 3.8) is 0 Å². The fourth-order valence-electron chi connectivity index (χ4n) is 1.61. The number of nitrogens with zero attached hydrogens (tertiary/aromatic N) is 1. The predicted molar refractivity (Wildman–Crippen MR) is 71.8 cm³/mol. The van der Waals surface area contributed by atoms with Gasteiger partial charge in [0.1, 0.15) is 0 Å². The summed E-state index contributed by atoms with van der Waals surface area (Å²) in [6.07, 6.45) is 4.25. The van der Waals surface area contributed by atoms with Crippen molar-refractivity contribution >= 4 is 28.4 Å². The number of hydrogen-bond acceptors (Lipinski definition) is 3. The van der Waals surface area contributed by atoms with E-state index in [-0.39, 0.29) is 0 Å². The van der Waals surface area contributed by atoms with Crippen LogP contribution in [0, 0.1) is 0 Å². The summed E-state index contributed by atoms with van der Waals surface area (Å²) in [5.41, 5.74) is 7.98. The summed E-state index contributed by atoms with van der Waals surface area (Å²) >= 11 is 1.83. The van der Waals surface area contributed by atoms with Gasteiger partial charge >= 0.3 is 0 Å². The first-order valence-corrected chi connectivity index (χ1v) is 6.57. The first kappa shape index (κ1) is 11.3. The minimum Gasteiger partial charge on any atom is -0.397 e. The van der Waals surface area contributed by atoms with Gasteiger partial charge < -0.3 is 5.73 Å². The number of nitrogen functional groups attached to an aromatic ring is 1. The lowest BCUT2D eigenvalue weighted by Gasteiger charge is -2.07. The number of aromatic nitrogens is 1. The van der Waals surface area contributed by atoms with E-state index in [0.29, 0.717) is 0 Å². The third-order valence-corrected chi connectivity index (χ3v) is 3.70. The van der Waals surface area contributed by atoms with Crippen molar-refractivity contribution < 1.29 is 0 Å². The Kier molecular flexibility index (Phi) is 3.67. The van der Waals surface area contributed by atoms with Crippen molar-refractivity contribution in [3.8, 4) is 0 Å². The summed E-state index contributed by atoms with van der Waals surface area (Å²) in [5.74, 6) is 1.13. The molecule has 1 aromatic heterocycles. The molecule has 0 aliphatic rings. The Morgan fingerprint density at radius 3 is 3.00 bits per heavy atom. The number of rotatable bonds is 4.